The summed E-state index contributed by atoms with van der Waals surface area (Å²) in [6.45, 7) is 1.57. The van der Waals surface area contributed by atoms with Crippen LogP contribution >= 0.6 is 11.6 Å². The maximum absolute atomic E-state index is 11.4. The molecule has 0 atom stereocenters. The highest BCUT2D eigenvalue weighted by molar-refractivity contribution is 6.30. The Bertz CT molecular complexity index is 759. The highest BCUT2D eigenvalue weighted by Crippen LogP contribution is 2.21. The van der Waals surface area contributed by atoms with Crippen LogP contribution in [0.1, 0.15) is 17.3 Å². The second kappa shape index (κ2) is 4.52. The van der Waals surface area contributed by atoms with E-state index < -0.39 is 0 Å². The van der Waals surface area contributed by atoms with Crippen molar-refractivity contribution < 1.29 is 4.79 Å². The highest BCUT2D eigenvalue weighted by atomic mass is 35.5. The van der Waals surface area contributed by atoms with Crippen molar-refractivity contribution in [2.24, 2.45) is 0 Å². The fraction of sp³-hybridized carbons (Fsp3) is 0.0667. The third kappa shape index (κ3) is 2.13. The molecule has 0 N–H and O–H groups in total. The summed E-state index contributed by atoms with van der Waals surface area (Å²) in [5.41, 5.74) is 1.73. The summed E-state index contributed by atoms with van der Waals surface area (Å²) in [6.07, 6.45) is 3.55. The summed E-state index contributed by atoms with van der Waals surface area (Å²) in [6, 6.07) is 11.3. The standard InChI is InChI=1S/C15H11ClN2O/c1-10(19)11-2-4-14-12(8-11)6-7-18(14)15-5-3-13(16)9-17-15/h2-9H,1H3. The Morgan fingerprint density at radius 2 is 2.05 bits per heavy atom. The Morgan fingerprint density at radius 3 is 2.74 bits per heavy atom. The summed E-state index contributed by atoms with van der Waals surface area (Å²) in [4.78, 5) is 15.7. The van der Waals surface area contributed by atoms with Gasteiger partial charge in [-0.3, -0.25) is 4.79 Å². The van der Waals surface area contributed by atoms with Gasteiger partial charge in [-0.2, -0.15) is 0 Å². The summed E-state index contributed by atoms with van der Waals surface area (Å²) in [7, 11) is 0. The average molecular weight is 271 g/mol. The van der Waals surface area contributed by atoms with E-state index in [1.807, 2.05) is 41.1 Å². The number of nitrogens with zero attached hydrogens (tertiary/aromatic N) is 2. The minimum Gasteiger partial charge on any atom is -0.301 e. The van der Waals surface area contributed by atoms with Crippen LogP contribution in [0.2, 0.25) is 5.02 Å². The summed E-state index contributed by atoms with van der Waals surface area (Å²) in [5, 5.41) is 1.63. The Morgan fingerprint density at radius 1 is 1.21 bits per heavy atom. The molecular formula is C15H11ClN2O. The van der Waals surface area contributed by atoms with Crippen LogP contribution in [0.15, 0.2) is 48.8 Å². The van der Waals surface area contributed by atoms with E-state index in [2.05, 4.69) is 4.98 Å². The molecule has 0 amide bonds. The van der Waals surface area contributed by atoms with Gasteiger partial charge in [-0.1, -0.05) is 11.6 Å². The largest absolute Gasteiger partial charge is 0.301 e. The lowest BCUT2D eigenvalue weighted by Gasteiger charge is -2.04. The zero-order valence-electron chi connectivity index (χ0n) is 10.3. The Hall–Kier alpha value is -2.13. The van der Waals surface area contributed by atoms with Gasteiger partial charge in [-0.05, 0) is 43.3 Å². The number of rotatable bonds is 2. The molecule has 2 aromatic heterocycles. The number of carbonyl (C=O) groups is 1. The van der Waals surface area contributed by atoms with Crippen molar-refractivity contribution in [1.29, 1.82) is 0 Å². The van der Waals surface area contributed by atoms with Gasteiger partial charge in [0.25, 0.3) is 0 Å². The summed E-state index contributed by atoms with van der Waals surface area (Å²) < 4.78 is 1.97. The SMILES string of the molecule is CC(=O)c1ccc2c(ccn2-c2ccc(Cl)cn2)c1. The molecule has 19 heavy (non-hydrogen) atoms. The van der Waals surface area contributed by atoms with Crippen LogP contribution in [0.4, 0.5) is 0 Å². The molecule has 0 radical (unpaired) electrons. The third-order valence-electron chi connectivity index (χ3n) is 3.06. The van der Waals surface area contributed by atoms with E-state index in [0.717, 1.165) is 16.7 Å². The first-order chi connectivity index (χ1) is 9.15. The third-order valence-corrected chi connectivity index (χ3v) is 3.28. The zero-order chi connectivity index (χ0) is 13.4. The van der Waals surface area contributed by atoms with Crippen LogP contribution in [0.3, 0.4) is 0 Å². The molecule has 0 fully saturated rings. The molecule has 4 heteroatoms. The van der Waals surface area contributed by atoms with E-state index in [1.165, 1.54) is 0 Å². The molecule has 0 saturated carbocycles. The van der Waals surface area contributed by atoms with Gasteiger partial charge in [0.15, 0.2) is 5.78 Å². The normalized spacial score (nSPS) is 10.8. The van der Waals surface area contributed by atoms with Crippen LogP contribution in [-0.4, -0.2) is 15.3 Å². The number of Topliss-reactive ketones (excluding diaryl/α,β-unsaturated/α-hetero) is 1. The molecule has 0 unspecified atom stereocenters. The Balaban J connectivity index is 2.15. The monoisotopic (exact) mass is 270 g/mol. The van der Waals surface area contributed by atoms with E-state index in [1.54, 1.807) is 19.2 Å². The Labute approximate surface area is 115 Å². The first-order valence-electron chi connectivity index (χ1n) is 5.89. The molecule has 3 rings (SSSR count). The first kappa shape index (κ1) is 11.9. The smallest absolute Gasteiger partial charge is 0.159 e. The average Bonchev–Trinajstić information content (AvgIpc) is 2.82. The number of pyridine rings is 1. The van der Waals surface area contributed by atoms with Gasteiger partial charge in [0, 0.05) is 23.3 Å². The van der Waals surface area contributed by atoms with Crippen LogP contribution in [0, 0.1) is 0 Å². The van der Waals surface area contributed by atoms with Crippen molar-refractivity contribution in [2.75, 3.05) is 0 Å². The lowest BCUT2D eigenvalue weighted by Crippen LogP contribution is -1.96. The number of hydrogen-bond acceptors (Lipinski definition) is 2. The highest BCUT2D eigenvalue weighted by Gasteiger charge is 2.06. The summed E-state index contributed by atoms with van der Waals surface area (Å²) >= 11 is 5.84. The Kier molecular flexibility index (Phi) is 2.84. The fourth-order valence-electron chi connectivity index (χ4n) is 2.07. The van der Waals surface area contributed by atoms with Crippen LogP contribution in [0.25, 0.3) is 16.7 Å². The lowest BCUT2D eigenvalue weighted by molar-refractivity contribution is 0.101. The second-order valence-electron chi connectivity index (χ2n) is 4.35. The van der Waals surface area contributed by atoms with Crippen molar-refractivity contribution in [3.8, 4) is 5.82 Å². The van der Waals surface area contributed by atoms with Crippen LogP contribution < -0.4 is 0 Å². The molecule has 0 aliphatic carbocycles. The molecule has 1 aromatic carbocycles. The molecule has 0 aliphatic rings. The van der Waals surface area contributed by atoms with Crippen molar-refractivity contribution >= 4 is 28.3 Å². The lowest BCUT2D eigenvalue weighted by atomic mass is 10.1. The zero-order valence-corrected chi connectivity index (χ0v) is 11.1. The maximum atomic E-state index is 11.4. The van der Waals surface area contributed by atoms with Gasteiger partial charge in [-0.25, -0.2) is 4.98 Å². The van der Waals surface area contributed by atoms with Gasteiger partial charge in [0.2, 0.25) is 0 Å². The number of aromatic nitrogens is 2. The summed E-state index contributed by atoms with van der Waals surface area (Å²) in [5.74, 6) is 0.870. The second-order valence-corrected chi connectivity index (χ2v) is 4.79. The van der Waals surface area contributed by atoms with Gasteiger partial charge in [0.1, 0.15) is 5.82 Å². The minimum atomic E-state index is 0.0688. The minimum absolute atomic E-state index is 0.0688. The number of carbonyl (C=O) groups excluding carboxylic acids is 1. The first-order valence-corrected chi connectivity index (χ1v) is 6.27. The van der Waals surface area contributed by atoms with E-state index in [4.69, 9.17) is 11.6 Å². The van der Waals surface area contributed by atoms with Crippen molar-refractivity contribution in [3.63, 3.8) is 0 Å². The van der Waals surface area contributed by atoms with Crippen molar-refractivity contribution in [3.05, 3.63) is 59.4 Å². The maximum Gasteiger partial charge on any atom is 0.159 e. The predicted molar refractivity (Wildman–Crippen MR) is 76.1 cm³/mol. The van der Waals surface area contributed by atoms with Crippen LogP contribution in [0.5, 0.6) is 0 Å². The molecule has 0 aliphatic heterocycles. The van der Waals surface area contributed by atoms with Gasteiger partial charge >= 0.3 is 0 Å². The number of benzene rings is 1. The quantitative estimate of drug-likeness (QED) is 0.662. The molecule has 3 nitrogen and oxygen atoms in total. The molecule has 3 aromatic rings. The fourth-order valence-corrected chi connectivity index (χ4v) is 2.18. The number of fused-ring (bicyclic) bond motifs is 1. The molecule has 0 saturated heterocycles. The van der Waals surface area contributed by atoms with E-state index in [9.17, 15) is 4.79 Å². The van der Waals surface area contributed by atoms with Crippen molar-refractivity contribution in [1.82, 2.24) is 9.55 Å². The van der Waals surface area contributed by atoms with E-state index in [0.29, 0.717) is 10.6 Å². The molecule has 0 spiro atoms. The van der Waals surface area contributed by atoms with Crippen molar-refractivity contribution in [2.45, 2.75) is 6.92 Å². The van der Waals surface area contributed by atoms with Gasteiger partial charge < -0.3 is 4.57 Å². The number of ketones is 1. The molecule has 0 bridgehead atoms. The van der Waals surface area contributed by atoms with Gasteiger partial charge in [0.05, 0.1) is 10.5 Å². The topological polar surface area (TPSA) is 34.9 Å². The predicted octanol–water partition coefficient (Wildman–Crippen LogP) is 3.88. The van der Waals surface area contributed by atoms with E-state index in [-0.39, 0.29) is 5.78 Å². The van der Waals surface area contributed by atoms with Gasteiger partial charge in [-0.15, -0.1) is 0 Å². The number of halogens is 1. The van der Waals surface area contributed by atoms with Crippen LogP contribution in [-0.2, 0) is 0 Å². The molecule has 2 heterocycles. The molecule has 94 valence electrons. The molecular weight excluding hydrogens is 260 g/mol. The van der Waals surface area contributed by atoms with E-state index >= 15 is 0 Å². The number of hydrogen-bond donors (Lipinski definition) is 0.